The summed E-state index contributed by atoms with van der Waals surface area (Å²) in [6.07, 6.45) is 3.26. The van der Waals surface area contributed by atoms with E-state index >= 15 is 0 Å². The zero-order chi connectivity index (χ0) is 18.5. The summed E-state index contributed by atoms with van der Waals surface area (Å²) in [5, 5.41) is 2.70. The van der Waals surface area contributed by atoms with Gasteiger partial charge in [-0.25, -0.2) is 13.8 Å². The van der Waals surface area contributed by atoms with Crippen molar-refractivity contribution in [3.05, 3.63) is 83.9 Å². The number of hydrogen-bond donors (Lipinski definition) is 1. The van der Waals surface area contributed by atoms with E-state index in [1.54, 1.807) is 48.3 Å². The predicted octanol–water partition coefficient (Wildman–Crippen LogP) is 2.98. The Balaban J connectivity index is 1.78. The van der Waals surface area contributed by atoms with Crippen molar-refractivity contribution in [1.29, 1.82) is 0 Å². The molecule has 0 aliphatic rings. The number of amides is 1. The first kappa shape index (κ1) is 17.6. The Bertz CT molecular complexity index is 911. The van der Waals surface area contributed by atoms with Crippen LogP contribution in [0.3, 0.4) is 0 Å². The third-order valence-electron chi connectivity index (χ3n) is 3.83. The fourth-order valence-electron chi connectivity index (χ4n) is 2.55. The highest BCUT2D eigenvalue weighted by atomic mass is 19.1. The predicted molar refractivity (Wildman–Crippen MR) is 91.5 cm³/mol. The van der Waals surface area contributed by atoms with Crippen molar-refractivity contribution in [2.45, 2.75) is 6.04 Å². The summed E-state index contributed by atoms with van der Waals surface area (Å²) in [6, 6.07) is 11.1. The number of ether oxygens (including phenoxy) is 1. The molecule has 0 bridgehead atoms. The second-order valence-corrected chi connectivity index (χ2v) is 5.64. The molecule has 0 aliphatic carbocycles. The van der Waals surface area contributed by atoms with Gasteiger partial charge in [0.15, 0.2) is 18.2 Å². The molecule has 0 aliphatic heterocycles. The largest absolute Gasteiger partial charge is 0.481 e. The molecule has 26 heavy (non-hydrogen) atoms. The minimum atomic E-state index is -0.798. The molecule has 0 fully saturated rings. The summed E-state index contributed by atoms with van der Waals surface area (Å²) in [4.78, 5) is 16.5. The van der Waals surface area contributed by atoms with Crippen molar-refractivity contribution in [2.75, 3.05) is 6.61 Å². The molecule has 0 radical (unpaired) electrons. The van der Waals surface area contributed by atoms with Gasteiger partial charge in [-0.1, -0.05) is 30.3 Å². The van der Waals surface area contributed by atoms with Crippen molar-refractivity contribution in [1.82, 2.24) is 14.9 Å². The Labute approximate surface area is 149 Å². The Morgan fingerprint density at radius 1 is 1.15 bits per heavy atom. The number of hydrogen-bond acceptors (Lipinski definition) is 3. The Kier molecular flexibility index (Phi) is 5.26. The lowest BCUT2D eigenvalue weighted by Crippen LogP contribution is -2.35. The van der Waals surface area contributed by atoms with Crippen LogP contribution in [0.1, 0.15) is 17.4 Å². The molecule has 1 heterocycles. The summed E-state index contributed by atoms with van der Waals surface area (Å²) in [7, 11) is 1.75. The number of para-hydroxylation sites is 1. The van der Waals surface area contributed by atoms with Gasteiger partial charge >= 0.3 is 0 Å². The van der Waals surface area contributed by atoms with Gasteiger partial charge in [0, 0.05) is 25.0 Å². The maximum absolute atomic E-state index is 14.2. The molecule has 5 nitrogen and oxygen atoms in total. The van der Waals surface area contributed by atoms with Crippen molar-refractivity contribution >= 4 is 5.91 Å². The summed E-state index contributed by atoms with van der Waals surface area (Å²) >= 11 is 0. The lowest BCUT2D eigenvalue weighted by Gasteiger charge is -2.20. The van der Waals surface area contributed by atoms with Gasteiger partial charge < -0.3 is 14.6 Å². The van der Waals surface area contributed by atoms with Crippen LogP contribution in [0, 0.1) is 11.6 Å². The fourth-order valence-corrected chi connectivity index (χ4v) is 2.55. The zero-order valence-corrected chi connectivity index (χ0v) is 14.0. The number of halogens is 2. The number of imidazole rings is 1. The smallest absolute Gasteiger partial charge is 0.258 e. The topological polar surface area (TPSA) is 56.2 Å². The number of rotatable bonds is 6. The monoisotopic (exact) mass is 357 g/mol. The normalized spacial score (nSPS) is 11.8. The summed E-state index contributed by atoms with van der Waals surface area (Å²) < 4.78 is 34.7. The Morgan fingerprint density at radius 2 is 1.85 bits per heavy atom. The van der Waals surface area contributed by atoms with Crippen LogP contribution in [-0.2, 0) is 11.8 Å². The van der Waals surface area contributed by atoms with E-state index in [0.29, 0.717) is 5.82 Å². The summed E-state index contributed by atoms with van der Waals surface area (Å²) in [6.45, 7) is -0.406. The van der Waals surface area contributed by atoms with Crippen molar-refractivity contribution in [3.8, 4) is 5.75 Å². The molecular formula is C19H17F2N3O2. The van der Waals surface area contributed by atoms with E-state index in [1.165, 1.54) is 24.3 Å². The van der Waals surface area contributed by atoms with Crippen molar-refractivity contribution in [2.24, 2.45) is 7.05 Å². The zero-order valence-electron chi connectivity index (χ0n) is 14.0. The molecular weight excluding hydrogens is 340 g/mol. The van der Waals surface area contributed by atoms with Crippen LogP contribution < -0.4 is 10.1 Å². The minimum Gasteiger partial charge on any atom is -0.481 e. The third kappa shape index (κ3) is 3.88. The third-order valence-corrected chi connectivity index (χ3v) is 3.83. The number of nitrogens with zero attached hydrogens (tertiary/aromatic N) is 2. The van der Waals surface area contributed by atoms with Gasteiger partial charge in [0.2, 0.25) is 0 Å². The van der Waals surface area contributed by atoms with Crippen LogP contribution in [0.2, 0.25) is 0 Å². The molecule has 1 N–H and O–H groups in total. The van der Waals surface area contributed by atoms with E-state index in [0.717, 1.165) is 0 Å². The standard InChI is InChI=1S/C19H17F2N3O2/c1-24-11-10-22-19(24)18(13-6-2-3-7-14(13)20)23-17(25)12-26-16-9-5-4-8-15(16)21/h2-11,18H,12H2,1H3,(H,23,25). The second kappa shape index (κ2) is 7.77. The molecule has 134 valence electrons. The van der Waals surface area contributed by atoms with Crippen LogP contribution in [0.4, 0.5) is 8.78 Å². The molecule has 1 amide bonds. The van der Waals surface area contributed by atoms with E-state index in [-0.39, 0.29) is 11.3 Å². The SMILES string of the molecule is Cn1ccnc1C(NC(=O)COc1ccccc1F)c1ccccc1F. The molecule has 7 heteroatoms. The van der Waals surface area contributed by atoms with Crippen molar-refractivity contribution < 1.29 is 18.3 Å². The van der Waals surface area contributed by atoms with Gasteiger partial charge in [-0.3, -0.25) is 4.79 Å². The van der Waals surface area contributed by atoms with E-state index in [2.05, 4.69) is 10.3 Å². The highest BCUT2D eigenvalue weighted by molar-refractivity contribution is 5.78. The van der Waals surface area contributed by atoms with E-state index < -0.39 is 30.2 Å². The van der Waals surface area contributed by atoms with Crippen LogP contribution in [-0.4, -0.2) is 22.1 Å². The lowest BCUT2D eigenvalue weighted by atomic mass is 10.1. The fraction of sp³-hybridized carbons (Fsp3) is 0.158. The van der Waals surface area contributed by atoms with Gasteiger partial charge in [-0.05, 0) is 18.2 Å². The first-order valence-electron chi connectivity index (χ1n) is 7.94. The van der Waals surface area contributed by atoms with Gasteiger partial charge in [0.25, 0.3) is 5.91 Å². The average molecular weight is 357 g/mol. The molecule has 0 saturated carbocycles. The van der Waals surface area contributed by atoms with Crippen LogP contribution in [0.25, 0.3) is 0 Å². The number of aromatic nitrogens is 2. The van der Waals surface area contributed by atoms with Crippen LogP contribution in [0.15, 0.2) is 60.9 Å². The molecule has 0 saturated heterocycles. The highest BCUT2D eigenvalue weighted by Gasteiger charge is 2.23. The molecule has 1 unspecified atom stereocenters. The molecule has 1 aromatic heterocycles. The molecule has 2 aromatic carbocycles. The minimum absolute atomic E-state index is 0.0258. The molecule has 3 aromatic rings. The van der Waals surface area contributed by atoms with Crippen molar-refractivity contribution in [3.63, 3.8) is 0 Å². The second-order valence-electron chi connectivity index (χ2n) is 5.64. The molecule has 1 atom stereocenters. The number of carbonyl (C=O) groups is 1. The Morgan fingerprint density at radius 3 is 2.50 bits per heavy atom. The summed E-state index contributed by atoms with van der Waals surface area (Å²) in [5.41, 5.74) is 0.279. The Hall–Kier alpha value is -3.22. The van der Waals surface area contributed by atoms with E-state index in [9.17, 15) is 13.6 Å². The number of aryl methyl sites for hydroxylation is 1. The van der Waals surface area contributed by atoms with Gasteiger partial charge in [-0.15, -0.1) is 0 Å². The van der Waals surface area contributed by atoms with Crippen LogP contribution >= 0.6 is 0 Å². The first-order chi connectivity index (χ1) is 12.6. The summed E-state index contributed by atoms with van der Waals surface area (Å²) in [5.74, 6) is -1.10. The first-order valence-corrected chi connectivity index (χ1v) is 7.94. The molecule has 0 spiro atoms. The maximum Gasteiger partial charge on any atom is 0.258 e. The average Bonchev–Trinajstić information content (AvgIpc) is 3.05. The van der Waals surface area contributed by atoms with Crippen LogP contribution in [0.5, 0.6) is 5.75 Å². The maximum atomic E-state index is 14.2. The number of nitrogens with one attached hydrogen (secondary N) is 1. The number of carbonyl (C=O) groups excluding carboxylic acids is 1. The van der Waals surface area contributed by atoms with Gasteiger partial charge in [-0.2, -0.15) is 0 Å². The van der Waals surface area contributed by atoms with E-state index in [1.807, 2.05) is 0 Å². The lowest BCUT2D eigenvalue weighted by molar-refractivity contribution is -0.123. The van der Waals surface area contributed by atoms with Gasteiger partial charge in [0.05, 0.1) is 0 Å². The highest BCUT2D eigenvalue weighted by Crippen LogP contribution is 2.23. The molecule has 3 rings (SSSR count). The van der Waals surface area contributed by atoms with E-state index in [4.69, 9.17) is 4.74 Å². The number of benzene rings is 2. The quantitative estimate of drug-likeness (QED) is 0.738. The van der Waals surface area contributed by atoms with Gasteiger partial charge in [0.1, 0.15) is 17.7 Å².